The number of hydrogen-bond donors (Lipinski definition) is 0. The summed E-state index contributed by atoms with van der Waals surface area (Å²) >= 11 is 0. The zero-order valence-electron chi connectivity index (χ0n) is 15.9. The first-order valence-corrected chi connectivity index (χ1v) is 9.55. The average Bonchev–Trinajstić information content (AvgIpc) is 2.67. The molecular formula is C24H28O2. The lowest BCUT2D eigenvalue weighted by Crippen LogP contribution is -1.97. The van der Waals surface area contributed by atoms with E-state index in [4.69, 9.17) is 4.74 Å². The van der Waals surface area contributed by atoms with Gasteiger partial charge in [-0.3, -0.25) is 4.79 Å². The molecule has 0 fully saturated rings. The molecule has 136 valence electrons. The maximum Gasteiger partial charge on any atom is 0.159 e. The number of unbranched alkanes of at least 4 members (excludes halogenated alkanes) is 5. The molecule has 0 radical (unpaired) electrons. The second-order valence-electron chi connectivity index (χ2n) is 6.52. The van der Waals surface area contributed by atoms with Gasteiger partial charge in [0.05, 0.1) is 6.61 Å². The fourth-order valence-electron chi connectivity index (χ4n) is 2.64. The Labute approximate surface area is 157 Å². The molecule has 0 N–H and O–H groups in total. The highest BCUT2D eigenvalue weighted by atomic mass is 16.5. The molecule has 0 spiro atoms. The first kappa shape index (κ1) is 19.8. The summed E-state index contributed by atoms with van der Waals surface area (Å²) in [5.41, 5.74) is 2.56. The van der Waals surface area contributed by atoms with Crippen LogP contribution in [0, 0.1) is 11.8 Å². The highest BCUT2D eigenvalue weighted by Crippen LogP contribution is 2.13. The standard InChI is InChI=1S/C24H28O2/c1-3-4-5-6-7-8-19-26-24-17-13-22(14-18-24)10-9-21-11-15-23(16-12-21)20(2)25/h11-18H,3-8,19H2,1-2H3. The van der Waals surface area contributed by atoms with E-state index in [1.165, 1.54) is 32.1 Å². The first-order chi connectivity index (χ1) is 12.7. The van der Waals surface area contributed by atoms with Crippen LogP contribution in [0.4, 0.5) is 0 Å². The minimum Gasteiger partial charge on any atom is -0.494 e. The molecule has 0 aliphatic heterocycles. The summed E-state index contributed by atoms with van der Waals surface area (Å²) in [7, 11) is 0. The van der Waals surface area contributed by atoms with Crippen LogP contribution in [0.5, 0.6) is 5.75 Å². The van der Waals surface area contributed by atoms with Gasteiger partial charge in [0.25, 0.3) is 0 Å². The van der Waals surface area contributed by atoms with Gasteiger partial charge in [-0.1, -0.05) is 63.0 Å². The second-order valence-corrected chi connectivity index (χ2v) is 6.52. The summed E-state index contributed by atoms with van der Waals surface area (Å²) in [6, 6.07) is 15.3. The SMILES string of the molecule is CCCCCCCCOc1ccc(C#Cc2ccc(C(C)=O)cc2)cc1. The van der Waals surface area contributed by atoms with Gasteiger partial charge in [0.2, 0.25) is 0 Å². The van der Waals surface area contributed by atoms with Gasteiger partial charge in [0.1, 0.15) is 5.75 Å². The van der Waals surface area contributed by atoms with Gasteiger partial charge in [-0.25, -0.2) is 0 Å². The second kappa shape index (κ2) is 11.2. The van der Waals surface area contributed by atoms with Crippen molar-refractivity contribution in [2.24, 2.45) is 0 Å². The summed E-state index contributed by atoms with van der Waals surface area (Å²) in [5.74, 6) is 7.23. The van der Waals surface area contributed by atoms with Gasteiger partial charge in [-0.05, 0) is 49.7 Å². The molecule has 0 heterocycles. The van der Waals surface area contributed by atoms with Crippen LogP contribution < -0.4 is 4.74 Å². The molecule has 2 aromatic carbocycles. The zero-order chi connectivity index (χ0) is 18.6. The van der Waals surface area contributed by atoms with Crippen molar-refractivity contribution in [3.8, 4) is 17.6 Å². The Balaban J connectivity index is 1.78. The minimum atomic E-state index is 0.0704. The van der Waals surface area contributed by atoms with Crippen LogP contribution in [0.25, 0.3) is 0 Å². The predicted molar refractivity (Wildman–Crippen MR) is 108 cm³/mol. The fraction of sp³-hybridized carbons (Fsp3) is 0.375. The number of carbonyl (C=O) groups is 1. The topological polar surface area (TPSA) is 26.3 Å². The molecule has 2 nitrogen and oxygen atoms in total. The van der Waals surface area contributed by atoms with Gasteiger partial charge in [-0.15, -0.1) is 0 Å². The number of Topliss-reactive ketones (excluding diaryl/α,β-unsaturated/α-hetero) is 1. The summed E-state index contributed by atoms with van der Waals surface area (Å²) in [5, 5.41) is 0. The number of benzene rings is 2. The number of ether oxygens (including phenoxy) is 1. The molecule has 2 heteroatoms. The summed E-state index contributed by atoms with van der Waals surface area (Å²) in [6.07, 6.45) is 7.62. The number of ketones is 1. The van der Waals surface area contributed by atoms with Gasteiger partial charge in [0.15, 0.2) is 5.78 Å². The molecule has 0 amide bonds. The van der Waals surface area contributed by atoms with E-state index in [1.807, 2.05) is 48.5 Å². The van der Waals surface area contributed by atoms with Crippen LogP contribution in [0.3, 0.4) is 0 Å². The van der Waals surface area contributed by atoms with Crippen LogP contribution in [0.1, 0.15) is 73.9 Å². The van der Waals surface area contributed by atoms with E-state index in [-0.39, 0.29) is 5.78 Å². The lowest BCUT2D eigenvalue weighted by atomic mass is 10.1. The Morgan fingerprint density at radius 3 is 1.92 bits per heavy atom. The molecule has 0 atom stereocenters. The average molecular weight is 348 g/mol. The summed E-state index contributed by atoms with van der Waals surface area (Å²) in [6.45, 7) is 4.58. The van der Waals surface area contributed by atoms with Crippen LogP contribution in [-0.4, -0.2) is 12.4 Å². The molecule has 0 saturated carbocycles. The van der Waals surface area contributed by atoms with Crippen molar-refractivity contribution in [3.05, 3.63) is 65.2 Å². The largest absolute Gasteiger partial charge is 0.494 e. The monoisotopic (exact) mass is 348 g/mol. The molecule has 0 aliphatic rings. The number of rotatable bonds is 9. The van der Waals surface area contributed by atoms with E-state index in [9.17, 15) is 4.79 Å². The van der Waals surface area contributed by atoms with Crippen molar-refractivity contribution in [2.45, 2.75) is 52.4 Å². The van der Waals surface area contributed by atoms with Crippen molar-refractivity contribution in [3.63, 3.8) is 0 Å². The van der Waals surface area contributed by atoms with E-state index >= 15 is 0 Å². The van der Waals surface area contributed by atoms with Crippen LogP contribution in [0.15, 0.2) is 48.5 Å². The van der Waals surface area contributed by atoms with Crippen molar-refractivity contribution in [1.82, 2.24) is 0 Å². The Morgan fingerprint density at radius 2 is 1.35 bits per heavy atom. The van der Waals surface area contributed by atoms with Crippen LogP contribution >= 0.6 is 0 Å². The molecule has 0 bridgehead atoms. The quantitative estimate of drug-likeness (QED) is 0.314. The Bertz CT molecular complexity index is 731. The molecule has 2 aromatic rings. The van der Waals surface area contributed by atoms with E-state index < -0.39 is 0 Å². The lowest BCUT2D eigenvalue weighted by Gasteiger charge is -2.06. The summed E-state index contributed by atoms with van der Waals surface area (Å²) < 4.78 is 5.79. The molecule has 0 aromatic heterocycles. The third kappa shape index (κ3) is 7.15. The summed E-state index contributed by atoms with van der Waals surface area (Å²) in [4.78, 5) is 11.3. The van der Waals surface area contributed by atoms with Crippen molar-refractivity contribution in [2.75, 3.05) is 6.61 Å². The molecular weight excluding hydrogens is 320 g/mol. The normalized spacial score (nSPS) is 10.1. The van der Waals surface area contributed by atoms with Crippen molar-refractivity contribution in [1.29, 1.82) is 0 Å². The van der Waals surface area contributed by atoms with Crippen LogP contribution in [-0.2, 0) is 0 Å². The first-order valence-electron chi connectivity index (χ1n) is 9.55. The number of carbonyl (C=O) groups excluding carboxylic acids is 1. The van der Waals surface area contributed by atoms with E-state index in [1.54, 1.807) is 6.92 Å². The molecule has 0 aliphatic carbocycles. The lowest BCUT2D eigenvalue weighted by molar-refractivity contribution is 0.101. The van der Waals surface area contributed by atoms with Gasteiger partial charge in [0, 0.05) is 16.7 Å². The third-order valence-corrected chi connectivity index (χ3v) is 4.26. The van der Waals surface area contributed by atoms with Crippen molar-refractivity contribution >= 4 is 5.78 Å². The van der Waals surface area contributed by atoms with Crippen LogP contribution in [0.2, 0.25) is 0 Å². The molecule has 2 rings (SSSR count). The van der Waals surface area contributed by atoms with Gasteiger partial charge < -0.3 is 4.74 Å². The zero-order valence-corrected chi connectivity index (χ0v) is 15.9. The predicted octanol–water partition coefficient (Wildman–Crippen LogP) is 6.03. The Morgan fingerprint density at radius 1 is 0.808 bits per heavy atom. The molecule has 26 heavy (non-hydrogen) atoms. The van der Waals surface area contributed by atoms with Crippen molar-refractivity contribution < 1.29 is 9.53 Å². The highest BCUT2D eigenvalue weighted by Gasteiger charge is 1.98. The Hall–Kier alpha value is -2.53. The maximum absolute atomic E-state index is 11.3. The van der Waals surface area contributed by atoms with E-state index in [0.29, 0.717) is 5.56 Å². The van der Waals surface area contributed by atoms with Gasteiger partial charge in [-0.2, -0.15) is 0 Å². The third-order valence-electron chi connectivity index (χ3n) is 4.26. The smallest absolute Gasteiger partial charge is 0.159 e. The van der Waals surface area contributed by atoms with Gasteiger partial charge >= 0.3 is 0 Å². The Kier molecular flexibility index (Phi) is 8.49. The fourth-order valence-corrected chi connectivity index (χ4v) is 2.64. The highest BCUT2D eigenvalue weighted by molar-refractivity contribution is 5.94. The molecule has 0 saturated heterocycles. The van der Waals surface area contributed by atoms with E-state index in [0.717, 1.165) is 29.9 Å². The number of hydrogen-bond acceptors (Lipinski definition) is 2. The maximum atomic E-state index is 11.3. The van der Waals surface area contributed by atoms with E-state index in [2.05, 4.69) is 18.8 Å². The molecule has 0 unspecified atom stereocenters. The minimum absolute atomic E-state index is 0.0704.